The fraction of sp³-hybridized carbons (Fsp3) is 0.562. The van der Waals surface area contributed by atoms with Crippen LogP contribution < -0.4 is 9.47 Å². The van der Waals surface area contributed by atoms with Gasteiger partial charge in [0, 0.05) is 6.21 Å². The lowest BCUT2D eigenvalue weighted by atomic mass is 10.2. The lowest BCUT2D eigenvalue weighted by Crippen LogP contribution is -2.41. The maximum atomic E-state index is 6.09. The normalized spacial score (nSPS) is 14.9. The fourth-order valence-electron chi connectivity index (χ4n) is 1.73. The van der Waals surface area contributed by atoms with Gasteiger partial charge in [-0.15, -0.1) is 0 Å². The molecule has 2 rings (SSSR count). The van der Waals surface area contributed by atoms with Crippen molar-refractivity contribution < 1.29 is 13.9 Å². The van der Waals surface area contributed by atoms with E-state index in [-0.39, 0.29) is 5.04 Å². The highest BCUT2D eigenvalue weighted by molar-refractivity contribution is 6.74. The Balaban J connectivity index is 1.81. The second-order valence-corrected chi connectivity index (χ2v) is 11.6. The molecule has 21 heavy (non-hydrogen) atoms. The summed E-state index contributed by atoms with van der Waals surface area (Å²) in [6.45, 7) is 12.9. The number of aliphatic imine (C=N–C) groups is 1. The van der Waals surface area contributed by atoms with Gasteiger partial charge in [0.05, 0.1) is 13.2 Å². The van der Waals surface area contributed by atoms with Crippen LogP contribution in [0.1, 0.15) is 26.3 Å². The molecule has 116 valence electrons. The molecular formula is C16H25NO3Si. The molecular weight excluding hydrogens is 282 g/mol. The van der Waals surface area contributed by atoms with Gasteiger partial charge in [0.2, 0.25) is 6.79 Å². The molecule has 0 saturated carbocycles. The lowest BCUT2D eigenvalue weighted by Gasteiger charge is -2.35. The van der Waals surface area contributed by atoms with E-state index in [2.05, 4.69) is 38.9 Å². The predicted molar refractivity (Wildman–Crippen MR) is 88.2 cm³/mol. The Morgan fingerprint density at radius 1 is 1.24 bits per heavy atom. The van der Waals surface area contributed by atoms with Crippen LogP contribution in [0.2, 0.25) is 18.1 Å². The third-order valence-electron chi connectivity index (χ3n) is 4.13. The maximum Gasteiger partial charge on any atom is 0.231 e. The van der Waals surface area contributed by atoms with Crippen molar-refractivity contribution in [3.8, 4) is 11.5 Å². The minimum absolute atomic E-state index is 0.244. The van der Waals surface area contributed by atoms with E-state index >= 15 is 0 Å². The van der Waals surface area contributed by atoms with Gasteiger partial charge in [-0.25, -0.2) is 0 Å². The molecule has 0 aliphatic carbocycles. The van der Waals surface area contributed by atoms with Crippen molar-refractivity contribution in [2.75, 3.05) is 19.9 Å². The van der Waals surface area contributed by atoms with E-state index in [0.29, 0.717) is 19.9 Å². The van der Waals surface area contributed by atoms with E-state index in [0.717, 1.165) is 17.1 Å². The van der Waals surface area contributed by atoms with Crippen molar-refractivity contribution in [3.63, 3.8) is 0 Å². The predicted octanol–water partition coefficient (Wildman–Crippen LogP) is 3.86. The first kappa shape index (κ1) is 16.0. The highest BCUT2D eigenvalue weighted by Crippen LogP contribution is 2.36. The number of hydrogen-bond donors (Lipinski definition) is 0. The van der Waals surface area contributed by atoms with Crippen LogP contribution in [-0.2, 0) is 4.43 Å². The van der Waals surface area contributed by atoms with Gasteiger partial charge in [0.1, 0.15) is 0 Å². The molecule has 0 bridgehead atoms. The lowest BCUT2D eigenvalue weighted by molar-refractivity contribution is 0.174. The van der Waals surface area contributed by atoms with E-state index in [1.54, 1.807) is 0 Å². The Hall–Kier alpha value is -1.33. The van der Waals surface area contributed by atoms with Crippen molar-refractivity contribution in [2.24, 2.45) is 4.99 Å². The first-order valence-corrected chi connectivity index (χ1v) is 10.2. The zero-order chi connectivity index (χ0) is 15.5. The molecule has 0 radical (unpaired) electrons. The minimum Gasteiger partial charge on any atom is -0.454 e. The molecule has 0 atom stereocenters. The maximum absolute atomic E-state index is 6.09. The van der Waals surface area contributed by atoms with Crippen LogP contribution in [-0.4, -0.2) is 34.5 Å². The summed E-state index contributed by atoms with van der Waals surface area (Å²) in [6, 6.07) is 5.84. The molecule has 0 amide bonds. The number of benzene rings is 1. The summed E-state index contributed by atoms with van der Waals surface area (Å²) in [7, 11) is -1.66. The second-order valence-electron chi connectivity index (χ2n) is 6.76. The van der Waals surface area contributed by atoms with Crippen molar-refractivity contribution >= 4 is 14.5 Å². The summed E-state index contributed by atoms with van der Waals surface area (Å²) in [5, 5.41) is 0.244. The van der Waals surface area contributed by atoms with Gasteiger partial charge in [-0.3, -0.25) is 4.99 Å². The van der Waals surface area contributed by atoms with Crippen molar-refractivity contribution in [3.05, 3.63) is 23.8 Å². The van der Waals surface area contributed by atoms with E-state index in [1.807, 2.05) is 24.4 Å². The summed E-state index contributed by atoms with van der Waals surface area (Å²) in [5.41, 5.74) is 1.02. The Bertz CT molecular complexity index is 521. The van der Waals surface area contributed by atoms with Gasteiger partial charge < -0.3 is 13.9 Å². The highest BCUT2D eigenvalue weighted by atomic mass is 28.4. The highest BCUT2D eigenvalue weighted by Gasteiger charge is 2.36. The third kappa shape index (κ3) is 4.08. The number of ether oxygens (including phenoxy) is 2. The van der Waals surface area contributed by atoms with Crippen LogP contribution in [0.5, 0.6) is 11.5 Å². The Kier molecular flexibility index (Phi) is 4.73. The standard InChI is InChI=1S/C16H25NO3Si/c1-16(2,3)21(4,5)20-9-8-17-11-13-6-7-14-15(10-13)19-12-18-14/h6-7,10-11H,8-9,12H2,1-5H3. The van der Waals surface area contributed by atoms with Gasteiger partial charge in [-0.1, -0.05) is 20.8 Å². The number of nitrogens with zero attached hydrogens (tertiary/aromatic N) is 1. The van der Waals surface area contributed by atoms with Gasteiger partial charge in [-0.05, 0) is 41.9 Å². The summed E-state index contributed by atoms with van der Waals surface area (Å²) < 4.78 is 16.7. The number of rotatable bonds is 5. The first-order valence-electron chi connectivity index (χ1n) is 7.33. The topological polar surface area (TPSA) is 40.0 Å². The van der Waals surface area contributed by atoms with Crippen molar-refractivity contribution in [1.82, 2.24) is 0 Å². The van der Waals surface area contributed by atoms with Gasteiger partial charge >= 0.3 is 0 Å². The second kappa shape index (κ2) is 6.20. The van der Waals surface area contributed by atoms with Crippen LogP contribution in [0, 0.1) is 0 Å². The zero-order valence-electron chi connectivity index (χ0n) is 13.6. The van der Waals surface area contributed by atoms with Crippen molar-refractivity contribution in [1.29, 1.82) is 0 Å². The van der Waals surface area contributed by atoms with E-state index < -0.39 is 8.32 Å². The molecule has 0 spiro atoms. The van der Waals surface area contributed by atoms with Gasteiger partial charge in [0.15, 0.2) is 19.8 Å². The monoisotopic (exact) mass is 307 g/mol. The molecule has 1 aromatic carbocycles. The molecule has 5 heteroatoms. The molecule has 0 unspecified atom stereocenters. The Morgan fingerprint density at radius 3 is 2.67 bits per heavy atom. The fourth-order valence-corrected chi connectivity index (χ4v) is 2.77. The van der Waals surface area contributed by atoms with Crippen LogP contribution in [0.4, 0.5) is 0 Å². The SMILES string of the molecule is CC(C)(C)[Si](C)(C)OCCN=Cc1ccc2c(c1)OCO2. The minimum atomic E-state index is -1.66. The van der Waals surface area contributed by atoms with E-state index in [1.165, 1.54) is 0 Å². The summed E-state index contributed by atoms with van der Waals surface area (Å²) in [5.74, 6) is 1.59. The molecule has 1 aromatic rings. The summed E-state index contributed by atoms with van der Waals surface area (Å²) in [4.78, 5) is 4.43. The molecule has 1 aliphatic heterocycles. The summed E-state index contributed by atoms with van der Waals surface area (Å²) >= 11 is 0. The van der Waals surface area contributed by atoms with Gasteiger partial charge in [-0.2, -0.15) is 0 Å². The molecule has 0 saturated heterocycles. The smallest absolute Gasteiger partial charge is 0.231 e. The quantitative estimate of drug-likeness (QED) is 0.471. The molecule has 1 aliphatic rings. The van der Waals surface area contributed by atoms with E-state index in [4.69, 9.17) is 13.9 Å². The average molecular weight is 307 g/mol. The van der Waals surface area contributed by atoms with Crippen LogP contribution in [0.15, 0.2) is 23.2 Å². The van der Waals surface area contributed by atoms with Crippen LogP contribution in [0.25, 0.3) is 0 Å². The summed E-state index contributed by atoms with van der Waals surface area (Å²) in [6.07, 6.45) is 1.86. The molecule has 0 aromatic heterocycles. The van der Waals surface area contributed by atoms with Crippen molar-refractivity contribution in [2.45, 2.75) is 38.9 Å². The van der Waals surface area contributed by atoms with E-state index in [9.17, 15) is 0 Å². The largest absolute Gasteiger partial charge is 0.454 e. The van der Waals surface area contributed by atoms with Crippen LogP contribution in [0.3, 0.4) is 0 Å². The Labute approximate surface area is 128 Å². The van der Waals surface area contributed by atoms with Gasteiger partial charge in [0.25, 0.3) is 0 Å². The molecule has 0 N–H and O–H groups in total. The third-order valence-corrected chi connectivity index (χ3v) is 8.66. The van der Waals surface area contributed by atoms with Crippen LogP contribution >= 0.6 is 0 Å². The molecule has 1 heterocycles. The zero-order valence-corrected chi connectivity index (χ0v) is 14.6. The molecule has 0 fully saturated rings. The number of fused-ring (bicyclic) bond motifs is 1. The number of hydrogen-bond acceptors (Lipinski definition) is 4. The Morgan fingerprint density at radius 2 is 1.95 bits per heavy atom. The first-order chi connectivity index (χ1) is 9.79. The average Bonchev–Trinajstić information content (AvgIpc) is 2.84. The molecule has 4 nitrogen and oxygen atoms in total.